The zero-order valence-electron chi connectivity index (χ0n) is 22.8. The Morgan fingerprint density at radius 2 is 0.812 bits per heavy atom. The molecule has 0 aliphatic heterocycles. The maximum Gasteiger partial charge on any atom is 0.311 e. The number of carbonyl (C=O) groups is 1. The largest absolute Gasteiger partial charge is 0.465 e. The molecule has 0 N–H and O–H groups in total. The normalized spacial score (nSPS) is 13.2. The minimum Gasteiger partial charge on any atom is -0.465 e. The average molecular weight is 453 g/mol. The van der Waals surface area contributed by atoms with E-state index < -0.39 is 0 Å². The van der Waals surface area contributed by atoms with Gasteiger partial charge in [0.05, 0.1) is 12.0 Å². The number of unbranched alkanes of at least 4 members (excludes halogenated alkanes) is 18. The summed E-state index contributed by atoms with van der Waals surface area (Å²) in [5.74, 6) is 0.0833. The number of carbonyl (C=O) groups excluding carboxylic acids is 1. The van der Waals surface area contributed by atoms with E-state index in [0.29, 0.717) is 6.61 Å². The van der Waals surface area contributed by atoms with Crippen molar-refractivity contribution in [3.05, 3.63) is 0 Å². The lowest BCUT2D eigenvalue weighted by Gasteiger charge is -2.27. The zero-order valence-corrected chi connectivity index (χ0v) is 22.8. The molecule has 0 radical (unpaired) electrons. The fourth-order valence-corrected chi connectivity index (χ4v) is 4.67. The van der Waals surface area contributed by atoms with Crippen LogP contribution in [0.4, 0.5) is 0 Å². The summed E-state index contributed by atoms with van der Waals surface area (Å²) in [6.07, 6.45) is 29.2. The van der Waals surface area contributed by atoms with Gasteiger partial charge < -0.3 is 4.74 Å². The van der Waals surface area contributed by atoms with Crippen LogP contribution in [-0.2, 0) is 9.53 Å². The molecule has 0 fully saturated rings. The summed E-state index contributed by atoms with van der Waals surface area (Å²) in [5, 5.41) is 0. The van der Waals surface area contributed by atoms with E-state index >= 15 is 0 Å². The Hall–Kier alpha value is -0.530. The molecular formula is C30H60O2. The van der Waals surface area contributed by atoms with Crippen LogP contribution in [-0.4, -0.2) is 12.6 Å². The van der Waals surface area contributed by atoms with Gasteiger partial charge in [0.25, 0.3) is 0 Å². The molecule has 0 saturated carbocycles. The van der Waals surface area contributed by atoms with Crippen LogP contribution in [0.1, 0.15) is 175 Å². The Morgan fingerprint density at radius 3 is 1.19 bits per heavy atom. The Labute approximate surface area is 203 Å². The second-order valence-corrected chi connectivity index (χ2v) is 10.6. The van der Waals surface area contributed by atoms with Crippen LogP contribution in [0.15, 0.2) is 0 Å². The van der Waals surface area contributed by atoms with Crippen LogP contribution in [0.5, 0.6) is 0 Å². The molecule has 1 atom stereocenters. The van der Waals surface area contributed by atoms with Gasteiger partial charge in [-0.25, -0.2) is 0 Å². The van der Waals surface area contributed by atoms with Crippen molar-refractivity contribution in [2.24, 2.45) is 5.41 Å². The van der Waals surface area contributed by atoms with Crippen molar-refractivity contribution in [1.29, 1.82) is 0 Å². The van der Waals surface area contributed by atoms with Crippen molar-refractivity contribution >= 4 is 5.97 Å². The highest BCUT2D eigenvalue weighted by atomic mass is 16.5. The fourth-order valence-electron chi connectivity index (χ4n) is 4.67. The maximum atomic E-state index is 13.0. The lowest BCUT2D eigenvalue weighted by molar-refractivity contribution is -0.156. The van der Waals surface area contributed by atoms with Gasteiger partial charge in [0.1, 0.15) is 0 Å². The second-order valence-electron chi connectivity index (χ2n) is 10.6. The van der Waals surface area contributed by atoms with Crippen molar-refractivity contribution in [3.8, 4) is 0 Å². The first-order valence-corrected chi connectivity index (χ1v) is 14.8. The molecule has 0 heterocycles. The van der Waals surface area contributed by atoms with E-state index in [1.165, 1.54) is 128 Å². The van der Waals surface area contributed by atoms with Gasteiger partial charge in [-0.05, 0) is 26.2 Å². The molecule has 0 spiro atoms. The quantitative estimate of drug-likeness (QED) is 0.102. The molecule has 0 amide bonds. The van der Waals surface area contributed by atoms with E-state index in [0.717, 1.165) is 19.3 Å². The molecule has 2 nitrogen and oxygen atoms in total. The number of ether oxygens (including phenoxy) is 1. The van der Waals surface area contributed by atoms with Gasteiger partial charge in [0.15, 0.2) is 0 Å². The first-order chi connectivity index (χ1) is 15.6. The summed E-state index contributed by atoms with van der Waals surface area (Å²) in [5.41, 5.74) is -0.270. The predicted octanol–water partition coefficient (Wildman–Crippen LogP) is 10.6. The molecule has 0 bridgehead atoms. The van der Waals surface area contributed by atoms with Gasteiger partial charge in [-0.3, -0.25) is 4.79 Å². The van der Waals surface area contributed by atoms with Gasteiger partial charge in [0, 0.05) is 0 Å². The highest BCUT2D eigenvalue weighted by molar-refractivity contribution is 5.76. The van der Waals surface area contributed by atoms with Gasteiger partial charge in [-0.15, -0.1) is 0 Å². The summed E-state index contributed by atoms with van der Waals surface area (Å²) in [7, 11) is 0. The van der Waals surface area contributed by atoms with Crippen LogP contribution in [0, 0.1) is 5.41 Å². The van der Waals surface area contributed by atoms with E-state index in [1.807, 2.05) is 0 Å². The molecule has 2 heteroatoms. The standard InChI is InChI=1S/C30H60O2/c1-5-8-11-14-17-19-22-25-28-32-29(31)30(4,26-23-20-16-13-10-7-3)27-24-21-18-15-12-9-6-2/h5-28H2,1-4H3. The van der Waals surface area contributed by atoms with Crippen molar-refractivity contribution < 1.29 is 9.53 Å². The number of rotatable bonds is 25. The molecule has 192 valence electrons. The third-order valence-electron chi connectivity index (χ3n) is 7.14. The third kappa shape index (κ3) is 19.0. The first-order valence-electron chi connectivity index (χ1n) is 14.8. The maximum absolute atomic E-state index is 13.0. The van der Waals surface area contributed by atoms with Gasteiger partial charge in [-0.2, -0.15) is 0 Å². The van der Waals surface area contributed by atoms with Crippen LogP contribution in [0.25, 0.3) is 0 Å². The van der Waals surface area contributed by atoms with E-state index in [-0.39, 0.29) is 11.4 Å². The Bertz CT molecular complexity index is 392. The molecule has 0 aromatic carbocycles. The molecule has 0 aromatic heterocycles. The van der Waals surface area contributed by atoms with E-state index in [4.69, 9.17) is 4.74 Å². The minimum atomic E-state index is -0.270. The van der Waals surface area contributed by atoms with E-state index in [9.17, 15) is 4.79 Å². The fraction of sp³-hybridized carbons (Fsp3) is 0.967. The van der Waals surface area contributed by atoms with Crippen LogP contribution in [0.2, 0.25) is 0 Å². The molecule has 32 heavy (non-hydrogen) atoms. The van der Waals surface area contributed by atoms with Gasteiger partial charge >= 0.3 is 5.97 Å². The summed E-state index contributed by atoms with van der Waals surface area (Å²) < 4.78 is 5.82. The van der Waals surface area contributed by atoms with E-state index in [1.54, 1.807) is 0 Å². The average Bonchev–Trinajstić information content (AvgIpc) is 2.79. The lowest BCUT2D eigenvalue weighted by atomic mass is 9.79. The number of hydrogen-bond acceptors (Lipinski definition) is 2. The van der Waals surface area contributed by atoms with Crippen molar-refractivity contribution in [3.63, 3.8) is 0 Å². The predicted molar refractivity (Wildman–Crippen MR) is 142 cm³/mol. The minimum absolute atomic E-state index is 0.0833. The van der Waals surface area contributed by atoms with Gasteiger partial charge in [0.2, 0.25) is 0 Å². The summed E-state index contributed by atoms with van der Waals surface area (Å²) in [6.45, 7) is 9.61. The highest BCUT2D eigenvalue weighted by Crippen LogP contribution is 2.33. The van der Waals surface area contributed by atoms with Gasteiger partial charge in [-0.1, -0.05) is 149 Å². The Morgan fingerprint density at radius 1 is 0.500 bits per heavy atom. The third-order valence-corrected chi connectivity index (χ3v) is 7.14. The molecular weight excluding hydrogens is 392 g/mol. The summed E-state index contributed by atoms with van der Waals surface area (Å²) >= 11 is 0. The van der Waals surface area contributed by atoms with Crippen LogP contribution in [0.3, 0.4) is 0 Å². The highest BCUT2D eigenvalue weighted by Gasteiger charge is 2.33. The van der Waals surface area contributed by atoms with Crippen molar-refractivity contribution in [1.82, 2.24) is 0 Å². The number of esters is 1. The molecule has 0 aromatic rings. The van der Waals surface area contributed by atoms with E-state index in [2.05, 4.69) is 27.7 Å². The summed E-state index contributed by atoms with van der Waals surface area (Å²) in [4.78, 5) is 13.0. The lowest BCUT2D eigenvalue weighted by Crippen LogP contribution is -2.30. The first kappa shape index (κ1) is 31.5. The Balaban J connectivity index is 4.21. The molecule has 1 unspecified atom stereocenters. The number of hydrogen-bond donors (Lipinski definition) is 0. The monoisotopic (exact) mass is 452 g/mol. The molecule has 0 aliphatic rings. The smallest absolute Gasteiger partial charge is 0.311 e. The van der Waals surface area contributed by atoms with Crippen molar-refractivity contribution in [2.45, 2.75) is 175 Å². The van der Waals surface area contributed by atoms with Crippen LogP contribution < -0.4 is 0 Å². The molecule has 0 rings (SSSR count). The second kappa shape index (κ2) is 23.6. The summed E-state index contributed by atoms with van der Waals surface area (Å²) in [6, 6.07) is 0. The van der Waals surface area contributed by atoms with Crippen molar-refractivity contribution in [2.75, 3.05) is 6.61 Å². The van der Waals surface area contributed by atoms with Crippen LogP contribution >= 0.6 is 0 Å². The molecule has 0 saturated heterocycles. The molecule has 0 aliphatic carbocycles. The zero-order chi connectivity index (χ0) is 23.8. The SMILES string of the molecule is CCCCCCCCCCOC(=O)C(C)(CCCCCCCC)CCCCCCCCC. The topological polar surface area (TPSA) is 26.3 Å². The Kier molecular flexibility index (Phi) is 23.2.